The number of hydrogen-bond donors (Lipinski definition) is 2. The summed E-state index contributed by atoms with van der Waals surface area (Å²) in [7, 11) is 0. The Kier molecular flexibility index (Phi) is 4.61. The molecule has 2 saturated carbocycles. The second-order valence-corrected chi connectivity index (χ2v) is 5.73. The highest BCUT2D eigenvalue weighted by Gasteiger charge is 2.30. The molecule has 4 nitrogen and oxygen atoms in total. The lowest BCUT2D eigenvalue weighted by Crippen LogP contribution is -2.41. The number of aliphatic carboxylic acids is 1. The van der Waals surface area contributed by atoms with Crippen molar-refractivity contribution in [2.24, 2.45) is 11.8 Å². The molecule has 102 valence electrons. The highest BCUT2D eigenvalue weighted by Crippen LogP contribution is 2.29. The molecule has 4 heteroatoms. The van der Waals surface area contributed by atoms with Crippen LogP contribution in [0.3, 0.4) is 0 Å². The van der Waals surface area contributed by atoms with Crippen molar-refractivity contribution in [1.29, 1.82) is 0 Å². The van der Waals surface area contributed by atoms with Crippen molar-refractivity contribution in [3.8, 4) is 0 Å². The number of carboxylic acids is 1. The van der Waals surface area contributed by atoms with Gasteiger partial charge < -0.3 is 10.4 Å². The van der Waals surface area contributed by atoms with Crippen molar-refractivity contribution in [2.75, 3.05) is 0 Å². The van der Waals surface area contributed by atoms with Gasteiger partial charge in [0.05, 0.1) is 5.92 Å². The van der Waals surface area contributed by atoms with Crippen LogP contribution >= 0.6 is 0 Å². The number of hydrogen-bond acceptors (Lipinski definition) is 2. The number of carbonyl (C=O) groups excluding carboxylic acids is 1. The number of carboxylic acid groups (broad SMARTS) is 1. The van der Waals surface area contributed by atoms with Crippen LogP contribution < -0.4 is 5.32 Å². The predicted molar refractivity (Wildman–Crippen MR) is 68.1 cm³/mol. The SMILES string of the molecule is O=C(O)C1CCC(C(=O)NC2CCCCC2)CC1. The third kappa shape index (κ3) is 3.47. The summed E-state index contributed by atoms with van der Waals surface area (Å²) in [5.41, 5.74) is 0. The van der Waals surface area contributed by atoms with E-state index >= 15 is 0 Å². The molecule has 2 fully saturated rings. The van der Waals surface area contributed by atoms with E-state index in [1.54, 1.807) is 0 Å². The maximum absolute atomic E-state index is 12.1. The quantitative estimate of drug-likeness (QED) is 0.811. The van der Waals surface area contributed by atoms with E-state index in [4.69, 9.17) is 5.11 Å². The lowest BCUT2D eigenvalue weighted by Gasteiger charge is -2.28. The number of amides is 1. The summed E-state index contributed by atoms with van der Waals surface area (Å²) >= 11 is 0. The summed E-state index contributed by atoms with van der Waals surface area (Å²) in [6.07, 6.45) is 8.71. The standard InChI is InChI=1S/C14H23NO3/c16-13(15-12-4-2-1-3-5-12)10-6-8-11(9-7-10)14(17)18/h10-12H,1-9H2,(H,15,16)(H,17,18). The summed E-state index contributed by atoms with van der Waals surface area (Å²) in [5, 5.41) is 12.1. The fourth-order valence-corrected chi connectivity index (χ4v) is 3.17. The van der Waals surface area contributed by atoms with Crippen LogP contribution in [-0.4, -0.2) is 23.0 Å². The van der Waals surface area contributed by atoms with Crippen LogP contribution in [0, 0.1) is 11.8 Å². The highest BCUT2D eigenvalue weighted by atomic mass is 16.4. The van der Waals surface area contributed by atoms with Gasteiger partial charge >= 0.3 is 5.97 Å². The minimum absolute atomic E-state index is 0.0440. The van der Waals surface area contributed by atoms with E-state index in [2.05, 4.69) is 5.32 Å². The summed E-state index contributed by atoms with van der Waals surface area (Å²) in [6.45, 7) is 0. The second-order valence-electron chi connectivity index (χ2n) is 5.73. The van der Waals surface area contributed by atoms with Gasteiger partial charge in [0, 0.05) is 12.0 Å². The lowest BCUT2D eigenvalue weighted by atomic mass is 9.81. The van der Waals surface area contributed by atoms with Gasteiger partial charge in [-0.25, -0.2) is 0 Å². The zero-order valence-electron chi connectivity index (χ0n) is 10.9. The Morgan fingerprint density at radius 3 is 1.94 bits per heavy atom. The van der Waals surface area contributed by atoms with E-state index in [0.717, 1.165) is 25.7 Å². The molecule has 0 atom stereocenters. The Morgan fingerprint density at radius 2 is 1.39 bits per heavy atom. The molecule has 2 N–H and O–H groups in total. The van der Waals surface area contributed by atoms with Crippen LogP contribution in [0.5, 0.6) is 0 Å². The average Bonchev–Trinajstić information content (AvgIpc) is 2.40. The first-order valence-corrected chi connectivity index (χ1v) is 7.20. The van der Waals surface area contributed by atoms with E-state index in [9.17, 15) is 9.59 Å². The fraction of sp³-hybridized carbons (Fsp3) is 0.857. The topological polar surface area (TPSA) is 66.4 Å². The van der Waals surface area contributed by atoms with Crippen molar-refractivity contribution >= 4 is 11.9 Å². The molecular formula is C14H23NO3. The van der Waals surface area contributed by atoms with Crippen LogP contribution in [-0.2, 0) is 9.59 Å². The zero-order valence-corrected chi connectivity index (χ0v) is 10.9. The van der Waals surface area contributed by atoms with E-state index in [1.807, 2.05) is 0 Å². The Bertz CT molecular complexity index is 302. The molecule has 0 heterocycles. The molecule has 0 aromatic heterocycles. The van der Waals surface area contributed by atoms with Crippen molar-refractivity contribution in [1.82, 2.24) is 5.32 Å². The Balaban J connectivity index is 1.75. The van der Waals surface area contributed by atoms with Crippen LogP contribution in [0.25, 0.3) is 0 Å². The van der Waals surface area contributed by atoms with E-state index in [1.165, 1.54) is 19.3 Å². The second kappa shape index (κ2) is 6.21. The van der Waals surface area contributed by atoms with Gasteiger partial charge in [0.15, 0.2) is 0 Å². The van der Waals surface area contributed by atoms with Gasteiger partial charge in [0.2, 0.25) is 5.91 Å². The van der Waals surface area contributed by atoms with Crippen molar-refractivity contribution in [3.63, 3.8) is 0 Å². The van der Waals surface area contributed by atoms with E-state index < -0.39 is 5.97 Å². The Hall–Kier alpha value is -1.06. The molecule has 0 aromatic rings. The third-order valence-corrected chi connectivity index (χ3v) is 4.40. The minimum atomic E-state index is -0.707. The zero-order chi connectivity index (χ0) is 13.0. The molecule has 0 aliphatic heterocycles. The summed E-state index contributed by atoms with van der Waals surface area (Å²) < 4.78 is 0. The third-order valence-electron chi connectivity index (χ3n) is 4.40. The number of rotatable bonds is 3. The van der Waals surface area contributed by atoms with Crippen molar-refractivity contribution in [3.05, 3.63) is 0 Å². The number of nitrogens with one attached hydrogen (secondary N) is 1. The number of carbonyl (C=O) groups is 2. The van der Waals surface area contributed by atoms with Crippen LogP contribution in [0.4, 0.5) is 0 Å². The maximum atomic E-state index is 12.1. The van der Waals surface area contributed by atoms with Gasteiger partial charge in [-0.1, -0.05) is 19.3 Å². The first-order chi connectivity index (χ1) is 8.66. The van der Waals surface area contributed by atoms with E-state index in [0.29, 0.717) is 18.9 Å². The van der Waals surface area contributed by atoms with Gasteiger partial charge in [0.1, 0.15) is 0 Å². The summed E-state index contributed by atoms with van der Waals surface area (Å²) in [4.78, 5) is 22.9. The summed E-state index contributed by atoms with van der Waals surface area (Å²) in [6, 6.07) is 0.364. The van der Waals surface area contributed by atoms with Crippen molar-refractivity contribution < 1.29 is 14.7 Å². The molecule has 0 saturated heterocycles. The summed E-state index contributed by atoms with van der Waals surface area (Å²) in [5.74, 6) is -0.738. The molecule has 18 heavy (non-hydrogen) atoms. The van der Waals surface area contributed by atoms with Gasteiger partial charge in [0.25, 0.3) is 0 Å². The minimum Gasteiger partial charge on any atom is -0.481 e. The monoisotopic (exact) mass is 253 g/mol. The first kappa shape index (κ1) is 13.4. The van der Waals surface area contributed by atoms with Gasteiger partial charge in [-0.05, 0) is 38.5 Å². The molecule has 1 amide bonds. The highest BCUT2D eigenvalue weighted by molar-refractivity contribution is 5.79. The molecule has 2 aliphatic carbocycles. The Morgan fingerprint density at radius 1 is 0.833 bits per heavy atom. The van der Waals surface area contributed by atoms with Gasteiger partial charge in [-0.15, -0.1) is 0 Å². The van der Waals surface area contributed by atoms with Crippen LogP contribution in [0.15, 0.2) is 0 Å². The molecule has 2 aliphatic rings. The Labute approximate surface area is 108 Å². The fourth-order valence-electron chi connectivity index (χ4n) is 3.17. The van der Waals surface area contributed by atoms with Crippen molar-refractivity contribution in [2.45, 2.75) is 63.8 Å². The molecular weight excluding hydrogens is 230 g/mol. The van der Waals surface area contributed by atoms with Gasteiger partial charge in [-0.3, -0.25) is 9.59 Å². The average molecular weight is 253 g/mol. The molecule has 0 spiro atoms. The van der Waals surface area contributed by atoms with Crippen LogP contribution in [0.1, 0.15) is 57.8 Å². The predicted octanol–water partition coefficient (Wildman–Crippen LogP) is 2.33. The maximum Gasteiger partial charge on any atom is 0.306 e. The molecule has 0 unspecified atom stereocenters. The smallest absolute Gasteiger partial charge is 0.306 e. The van der Waals surface area contributed by atoms with Gasteiger partial charge in [-0.2, -0.15) is 0 Å². The molecule has 0 bridgehead atoms. The first-order valence-electron chi connectivity index (χ1n) is 7.20. The lowest BCUT2D eigenvalue weighted by molar-refractivity contribution is -0.144. The van der Waals surface area contributed by atoms with Crippen LogP contribution in [0.2, 0.25) is 0 Å². The van der Waals surface area contributed by atoms with E-state index in [-0.39, 0.29) is 17.7 Å². The molecule has 0 aromatic carbocycles. The molecule has 2 rings (SSSR count). The molecule has 0 radical (unpaired) electrons. The largest absolute Gasteiger partial charge is 0.481 e. The normalized spacial score (nSPS) is 29.8.